The number of benzene rings is 1. The third-order valence-electron chi connectivity index (χ3n) is 4.95. The second-order valence-electron chi connectivity index (χ2n) is 6.42. The van der Waals surface area contributed by atoms with E-state index < -0.39 is 11.7 Å². The number of ketones is 1. The van der Waals surface area contributed by atoms with Gasteiger partial charge in [0.25, 0.3) is 0 Å². The highest BCUT2D eigenvalue weighted by molar-refractivity contribution is 5.81. The molecule has 23 heavy (non-hydrogen) atoms. The Kier molecular flexibility index (Phi) is 4.05. The lowest BCUT2D eigenvalue weighted by molar-refractivity contribution is -0.137. The van der Waals surface area contributed by atoms with Gasteiger partial charge >= 0.3 is 6.18 Å². The lowest BCUT2D eigenvalue weighted by atomic mass is 9.85. The summed E-state index contributed by atoms with van der Waals surface area (Å²) in [5, 5.41) is 9.12. The maximum atomic E-state index is 12.5. The van der Waals surface area contributed by atoms with Crippen LogP contribution in [-0.4, -0.2) is 22.8 Å². The van der Waals surface area contributed by atoms with E-state index in [2.05, 4.69) is 6.19 Å². The Morgan fingerprint density at radius 3 is 2.52 bits per heavy atom. The molecule has 2 saturated heterocycles. The van der Waals surface area contributed by atoms with E-state index in [4.69, 9.17) is 5.26 Å². The first kappa shape index (κ1) is 15.9. The van der Waals surface area contributed by atoms with Crippen LogP contribution in [0.2, 0.25) is 0 Å². The van der Waals surface area contributed by atoms with Crippen LogP contribution in [-0.2, 0) is 17.4 Å². The van der Waals surface area contributed by atoms with E-state index in [1.54, 1.807) is 0 Å². The van der Waals surface area contributed by atoms with Crippen LogP contribution in [0, 0.1) is 17.4 Å². The fraction of sp³-hybridized carbons (Fsp3) is 0.529. The number of hydrogen-bond acceptors (Lipinski definition) is 3. The second-order valence-corrected chi connectivity index (χ2v) is 6.42. The number of rotatable bonds is 4. The molecule has 3 nitrogen and oxygen atoms in total. The molecule has 2 fully saturated rings. The van der Waals surface area contributed by atoms with Gasteiger partial charge < -0.3 is 4.90 Å². The monoisotopic (exact) mass is 322 g/mol. The fourth-order valence-electron chi connectivity index (χ4n) is 3.89. The van der Waals surface area contributed by atoms with Gasteiger partial charge in [-0.15, -0.1) is 0 Å². The molecule has 2 bridgehead atoms. The minimum absolute atomic E-state index is 0.0280. The average Bonchev–Trinajstić information content (AvgIpc) is 3.03. The molecule has 0 radical (unpaired) electrons. The predicted octanol–water partition coefficient (Wildman–Crippen LogP) is 3.54. The van der Waals surface area contributed by atoms with Gasteiger partial charge in [-0.2, -0.15) is 18.4 Å². The summed E-state index contributed by atoms with van der Waals surface area (Å²) < 4.78 is 37.5. The summed E-state index contributed by atoms with van der Waals surface area (Å²) in [7, 11) is 0. The van der Waals surface area contributed by atoms with Crippen molar-refractivity contribution < 1.29 is 18.0 Å². The standard InChI is InChI=1S/C17H17F3N2O/c18-17(19,20)13-3-1-11(2-4-13)7-15(23)9-12-8-14-5-6-16(12)22(14)10-21/h1-4,12,14,16H,5-9H2. The van der Waals surface area contributed by atoms with E-state index in [9.17, 15) is 18.0 Å². The van der Waals surface area contributed by atoms with E-state index in [1.807, 2.05) is 4.90 Å². The molecule has 0 aromatic heterocycles. The van der Waals surface area contributed by atoms with Crippen molar-refractivity contribution in [3.05, 3.63) is 35.4 Å². The molecular formula is C17H17F3N2O. The number of hydrogen-bond donors (Lipinski definition) is 0. The quantitative estimate of drug-likeness (QED) is 0.797. The maximum absolute atomic E-state index is 12.5. The zero-order valence-electron chi connectivity index (χ0n) is 12.5. The smallest absolute Gasteiger partial charge is 0.304 e. The van der Waals surface area contributed by atoms with Gasteiger partial charge in [0.05, 0.1) is 5.56 Å². The Morgan fingerprint density at radius 2 is 1.96 bits per heavy atom. The van der Waals surface area contributed by atoms with E-state index in [0.717, 1.165) is 31.4 Å². The van der Waals surface area contributed by atoms with Gasteiger partial charge in [-0.05, 0) is 42.9 Å². The van der Waals surface area contributed by atoms with E-state index in [0.29, 0.717) is 12.0 Å². The molecule has 3 rings (SSSR count). The zero-order valence-corrected chi connectivity index (χ0v) is 12.5. The van der Waals surface area contributed by atoms with Gasteiger partial charge in [-0.25, -0.2) is 0 Å². The molecule has 0 N–H and O–H groups in total. The number of carbonyl (C=O) groups is 1. The molecule has 1 aromatic rings. The first-order chi connectivity index (χ1) is 10.9. The number of nitrogens with zero attached hydrogens (tertiary/aromatic N) is 2. The lowest BCUT2D eigenvalue weighted by Crippen LogP contribution is -2.26. The zero-order chi connectivity index (χ0) is 16.6. The Bertz CT molecular complexity index is 633. The number of carbonyl (C=O) groups excluding carboxylic acids is 1. The van der Waals surface area contributed by atoms with Crippen LogP contribution in [0.5, 0.6) is 0 Å². The van der Waals surface area contributed by atoms with Crippen LogP contribution >= 0.6 is 0 Å². The summed E-state index contributed by atoms with van der Waals surface area (Å²) in [6.45, 7) is 0. The van der Waals surface area contributed by atoms with Gasteiger partial charge in [0.15, 0.2) is 6.19 Å². The van der Waals surface area contributed by atoms with Crippen LogP contribution < -0.4 is 0 Å². The van der Waals surface area contributed by atoms with Crippen molar-refractivity contribution in [3.63, 3.8) is 0 Å². The van der Waals surface area contributed by atoms with Gasteiger partial charge in [0.1, 0.15) is 5.78 Å². The molecule has 6 heteroatoms. The summed E-state index contributed by atoms with van der Waals surface area (Å²) >= 11 is 0. The second kappa shape index (κ2) is 5.88. The molecular weight excluding hydrogens is 305 g/mol. The topological polar surface area (TPSA) is 44.1 Å². The summed E-state index contributed by atoms with van der Waals surface area (Å²) in [6, 6.07) is 5.19. The Labute approximate surface area is 132 Å². The van der Waals surface area contributed by atoms with Gasteiger partial charge in [0, 0.05) is 24.9 Å². The largest absolute Gasteiger partial charge is 0.416 e. The summed E-state index contributed by atoms with van der Waals surface area (Å²) in [4.78, 5) is 14.0. The van der Waals surface area contributed by atoms with E-state index in [-0.39, 0.29) is 30.2 Å². The van der Waals surface area contributed by atoms with Crippen LogP contribution in [0.4, 0.5) is 13.2 Å². The van der Waals surface area contributed by atoms with Crippen LogP contribution in [0.1, 0.15) is 36.8 Å². The Balaban J connectivity index is 1.57. The van der Waals surface area contributed by atoms with Crippen molar-refractivity contribution in [3.8, 4) is 6.19 Å². The van der Waals surface area contributed by atoms with Gasteiger partial charge in [0.2, 0.25) is 0 Å². The number of fused-ring (bicyclic) bond motifs is 2. The average molecular weight is 322 g/mol. The molecule has 3 unspecified atom stereocenters. The predicted molar refractivity (Wildman–Crippen MR) is 77.1 cm³/mol. The van der Waals surface area contributed by atoms with Crippen molar-refractivity contribution in [2.24, 2.45) is 5.92 Å². The SMILES string of the molecule is N#CN1C2CCC1C(CC(=O)Cc1ccc(C(F)(F)F)cc1)C2. The number of halogens is 3. The molecule has 0 aliphatic carbocycles. The Hall–Kier alpha value is -2.03. The first-order valence-electron chi connectivity index (χ1n) is 7.74. The number of alkyl halides is 3. The third kappa shape index (κ3) is 3.19. The highest BCUT2D eigenvalue weighted by atomic mass is 19.4. The molecule has 0 saturated carbocycles. The first-order valence-corrected chi connectivity index (χ1v) is 7.74. The highest BCUT2D eigenvalue weighted by Gasteiger charge is 2.46. The fourth-order valence-corrected chi connectivity index (χ4v) is 3.89. The minimum atomic E-state index is -4.35. The molecule has 2 aliphatic heterocycles. The van der Waals surface area contributed by atoms with Crippen molar-refractivity contribution in [2.45, 2.75) is 50.4 Å². The van der Waals surface area contributed by atoms with Gasteiger partial charge in [-0.1, -0.05) is 12.1 Å². The molecule has 0 spiro atoms. The molecule has 122 valence electrons. The number of nitriles is 1. The third-order valence-corrected chi connectivity index (χ3v) is 4.95. The summed E-state index contributed by atoms with van der Waals surface area (Å²) in [5.74, 6) is 0.232. The van der Waals surface area contributed by atoms with Crippen LogP contribution in [0.3, 0.4) is 0 Å². The minimum Gasteiger partial charge on any atom is -0.304 e. The van der Waals surface area contributed by atoms with Crippen molar-refractivity contribution >= 4 is 5.78 Å². The highest BCUT2D eigenvalue weighted by Crippen LogP contribution is 2.42. The summed E-state index contributed by atoms with van der Waals surface area (Å²) in [5.41, 5.74) is -0.102. The molecule has 3 atom stereocenters. The molecule has 1 aromatic carbocycles. The van der Waals surface area contributed by atoms with E-state index in [1.165, 1.54) is 12.1 Å². The maximum Gasteiger partial charge on any atom is 0.416 e. The van der Waals surface area contributed by atoms with Crippen LogP contribution in [0.25, 0.3) is 0 Å². The van der Waals surface area contributed by atoms with E-state index >= 15 is 0 Å². The van der Waals surface area contributed by atoms with Crippen LogP contribution in [0.15, 0.2) is 24.3 Å². The normalized spacial score (nSPS) is 26.3. The molecule has 2 aliphatic rings. The van der Waals surface area contributed by atoms with Crippen molar-refractivity contribution in [1.82, 2.24) is 4.90 Å². The Morgan fingerprint density at radius 1 is 1.26 bits per heavy atom. The summed E-state index contributed by atoms with van der Waals surface area (Å²) in [6.07, 6.45) is 1.26. The number of Topliss-reactive ketones (excluding diaryl/α,β-unsaturated/α-hetero) is 1. The van der Waals surface area contributed by atoms with Gasteiger partial charge in [-0.3, -0.25) is 4.79 Å². The lowest BCUT2D eigenvalue weighted by Gasteiger charge is -2.19. The molecule has 2 heterocycles. The van der Waals surface area contributed by atoms with Crippen molar-refractivity contribution in [1.29, 1.82) is 5.26 Å². The molecule has 0 amide bonds. The van der Waals surface area contributed by atoms with Crippen molar-refractivity contribution in [2.75, 3.05) is 0 Å².